The van der Waals surface area contributed by atoms with Crippen LogP contribution in [0.4, 0.5) is 0 Å². The summed E-state index contributed by atoms with van der Waals surface area (Å²) in [7, 11) is 0. The van der Waals surface area contributed by atoms with Crippen LogP contribution in [-0.2, 0) is 13.0 Å². The van der Waals surface area contributed by atoms with Crippen LogP contribution in [-0.4, -0.2) is 41.8 Å². The van der Waals surface area contributed by atoms with Gasteiger partial charge in [-0.2, -0.15) is 5.10 Å². The van der Waals surface area contributed by atoms with Crippen molar-refractivity contribution in [2.24, 2.45) is 0 Å². The summed E-state index contributed by atoms with van der Waals surface area (Å²) in [6, 6.07) is 13.3. The fourth-order valence-corrected chi connectivity index (χ4v) is 3.31. The largest absolute Gasteiger partial charge is 0.447 e. The molecule has 144 valence electrons. The fourth-order valence-electron chi connectivity index (χ4n) is 3.31. The van der Waals surface area contributed by atoms with Crippen LogP contribution < -0.4 is 5.32 Å². The smallest absolute Gasteiger partial charge is 0.272 e. The first-order valence-electron chi connectivity index (χ1n) is 9.20. The van der Waals surface area contributed by atoms with Crippen LogP contribution in [0.2, 0.25) is 0 Å². The molecule has 9 nitrogen and oxygen atoms in total. The third kappa shape index (κ3) is 3.22. The number of oxazole rings is 1. The SMILES string of the molecule is O=C(NCCc1nnc2ccccn12)c1nn(Cc2ncco2)c2ccccc12. The number of aromatic nitrogens is 6. The number of hydrogen-bond donors (Lipinski definition) is 1. The fraction of sp³-hybridized carbons (Fsp3) is 0.150. The summed E-state index contributed by atoms with van der Waals surface area (Å²) < 4.78 is 8.94. The van der Waals surface area contributed by atoms with Gasteiger partial charge in [-0.15, -0.1) is 10.2 Å². The van der Waals surface area contributed by atoms with Gasteiger partial charge in [-0.05, 0) is 18.2 Å². The molecule has 0 aliphatic rings. The van der Waals surface area contributed by atoms with E-state index < -0.39 is 0 Å². The quantitative estimate of drug-likeness (QED) is 0.479. The first-order chi connectivity index (χ1) is 14.3. The molecule has 29 heavy (non-hydrogen) atoms. The molecule has 0 atom stereocenters. The van der Waals surface area contributed by atoms with E-state index in [-0.39, 0.29) is 5.91 Å². The minimum absolute atomic E-state index is 0.235. The first kappa shape index (κ1) is 17.1. The molecule has 0 spiro atoms. The number of nitrogens with zero attached hydrogens (tertiary/aromatic N) is 6. The molecule has 0 saturated carbocycles. The maximum Gasteiger partial charge on any atom is 0.272 e. The van der Waals surface area contributed by atoms with Gasteiger partial charge < -0.3 is 9.73 Å². The average molecular weight is 387 g/mol. The predicted molar refractivity (Wildman–Crippen MR) is 104 cm³/mol. The van der Waals surface area contributed by atoms with Gasteiger partial charge in [0.15, 0.2) is 11.3 Å². The number of carbonyl (C=O) groups is 1. The standard InChI is InChI=1S/C20H17N7O2/c28-20(22-9-8-17-24-23-16-7-3-4-11-26(16)17)19-14-5-1-2-6-15(14)27(25-19)13-18-21-10-12-29-18/h1-7,10-12H,8-9,13H2,(H,22,28). The molecular weight excluding hydrogens is 370 g/mol. The molecule has 0 aliphatic heterocycles. The van der Waals surface area contributed by atoms with Crippen LogP contribution in [0.15, 0.2) is 65.5 Å². The van der Waals surface area contributed by atoms with Gasteiger partial charge in [0.05, 0.1) is 11.7 Å². The minimum Gasteiger partial charge on any atom is -0.447 e. The van der Waals surface area contributed by atoms with Crippen molar-refractivity contribution in [2.45, 2.75) is 13.0 Å². The molecule has 1 N–H and O–H groups in total. The van der Waals surface area contributed by atoms with Crippen molar-refractivity contribution in [3.63, 3.8) is 0 Å². The summed E-state index contributed by atoms with van der Waals surface area (Å²) in [5.74, 6) is 1.09. The summed E-state index contributed by atoms with van der Waals surface area (Å²) in [4.78, 5) is 16.9. The third-order valence-corrected chi connectivity index (χ3v) is 4.66. The minimum atomic E-state index is -0.235. The summed E-state index contributed by atoms with van der Waals surface area (Å²) in [5.41, 5.74) is 2.00. The van der Waals surface area contributed by atoms with Crippen LogP contribution in [0.1, 0.15) is 22.2 Å². The van der Waals surface area contributed by atoms with E-state index in [1.807, 2.05) is 53.1 Å². The number of benzene rings is 1. The molecule has 9 heteroatoms. The Balaban J connectivity index is 1.34. The topological polar surface area (TPSA) is 103 Å². The molecule has 0 unspecified atom stereocenters. The monoisotopic (exact) mass is 387 g/mol. The maximum absolute atomic E-state index is 12.8. The van der Waals surface area contributed by atoms with Crippen molar-refractivity contribution >= 4 is 22.5 Å². The number of fused-ring (bicyclic) bond motifs is 2. The summed E-state index contributed by atoms with van der Waals surface area (Å²) >= 11 is 0. The molecule has 0 fully saturated rings. The molecule has 5 rings (SSSR count). The Morgan fingerprint density at radius 1 is 1.10 bits per heavy atom. The molecule has 4 heterocycles. The van der Waals surface area contributed by atoms with Crippen molar-refractivity contribution in [3.8, 4) is 0 Å². The lowest BCUT2D eigenvalue weighted by Crippen LogP contribution is -2.27. The molecule has 1 aromatic carbocycles. The lowest BCUT2D eigenvalue weighted by atomic mass is 10.2. The molecule has 0 saturated heterocycles. The Labute approximate surface area is 165 Å². The normalized spacial score (nSPS) is 11.3. The van der Waals surface area contributed by atoms with E-state index in [0.29, 0.717) is 31.1 Å². The number of para-hydroxylation sites is 1. The van der Waals surface area contributed by atoms with Gasteiger partial charge >= 0.3 is 0 Å². The Hall–Kier alpha value is -4.01. The van der Waals surface area contributed by atoms with Crippen LogP contribution in [0.5, 0.6) is 0 Å². The Morgan fingerprint density at radius 3 is 2.90 bits per heavy atom. The first-order valence-corrected chi connectivity index (χ1v) is 9.20. The van der Waals surface area contributed by atoms with Crippen molar-refractivity contribution in [1.82, 2.24) is 34.7 Å². The number of carbonyl (C=O) groups excluding carboxylic acids is 1. The van der Waals surface area contributed by atoms with E-state index >= 15 is 0 Å². The highest BCUT2D eigenvalue weighted by Gasteiger charge is 2.18. The summed E-state index contributed by atoms with van der Waals surface area (Å²) in [5, 5.41) is 16.5. The van der Waals surface area contributed by atoms with Crippen molar-refractivity contribution < 1.29 is 9.21 Å². The molecule has 5 aromatic rings. The highest BCUT2D eigenvalue weighted by molar-refractivity contribution is 6.04. The Kier molecular flexibility index (Phi) is 4.24. The van der Waals surface area contributed by atoms with Crippen molar-refractivity contribution in [2.75, 3.05) is 6.54 Å². The number of amides is 1. The maximum atomic E-state index is 12.8. The van der Waals surface area contributed by atoms with E-state index in [0.717, 1.165) is 22.4 Å². The van der Waals surface area contributed by atoms with Gasteiger partial charge in [0.2, 0.25) is 5.89 Å². The van der Waals surface area contributed by atoms with Gasteiger partial charge in [-0.3, -0.25) is 13.9 Å². The highest BCUT2D eigenvalue weighted by atomic mass is 16.3. The van der Waals surface area contributed by atoms with Gasteiger partial charge in [0.25, 0.3) is 5.91 Å². The second-order valence-corrected chi connectivity index (χ2v) is 6.50. The molecule has 0 aliphatic carbocycles. The molecule has 0 radical (unpaired) electrons. The van der Waals surface area contributed by atoms with E-state index in [2.05, 4.69) is 25.6 Å². The zero-order valence-electron chi connectivity index (χ0n) is 15.4. The molecular formula is C20H17N7O2. The average Bonchev–Trinajstić information content (AvgIpc) is 3.48. The van der Waals surface area contributed by atoms with Crippen LogP contribution in [0.3, 0.4) is 0 Å². The zero-order valence-corrected chi connectivity index (χ0v) is 15.4. The van der Waals surface area contributed by atoms with E-state index in [1.54, 1.807) is 10.9 Å². The third-order valence-electron chi connectivity index (χ3n) is 4.66. The second kappa shape index (κ2) is 7.19. The van der Waals surface area contributed by atoms with Crippen LogP contribution in [0.25, 0.3) is 16.6 Å². The van der Waals surface area contributed by atoms with Crippen LogP contribution in [0, 0.1) is 0 Å². The number of hydrogen-bond acceptors (Lipinski definition) is 6. The van der Waals surface area contributed by atoms with E-state index in [4.69, 9.17) is 4.42 Å². The van der Waals surface area contributed by atoms with Crippen molar-refractivity contribution in [3.05, 3.63) is 78.5 Å². The number of rotatable bonds is 6. The lowest BCUT2D eigenvalue weighted by Gasteiger charge is -2.03. The molecule has 0 bridgehead atoms. The van der Waals surface area contributed by atoms with E-state index in [9.17, 15) is 4.79 Å². The van der Waals surface area contributed by atoms with Gasteiger partial charge in [0, 0.05) is 24.5 Å². The van der Waals surface area contributed by atoms with E-state index in [1.165, 1.54) is 6.26 Å². The number of pyridine rings is 1. The number of nitrogens with one attached hydrogen (secondary N) is 1. The Bertz CT molecular complexity index is 1290. The van der Waals surface area contributed by atoms with Crippen LogP contribution >= 0.6 is 0 Å². The lowest BCUT2D eigenvalue weighted by molar-refractivity contribution is 0.0949. The Morgan fingerprint density at radius 2 is 2.00 bits per heavy atom. The second-order valence-electron chi connectivity index (χ2n) is 6.50. The summed E-state index contributed by atoms with van der Waals surface area (Å²) in [6.45, 7) is 0.780. The van der Waals surface area contributed by atoms with Gasteiger partial charge in [-0.25, -0.2) is 4.98 Å². The summed E-state index contributed by atoms with van der Waals surface area (Å²) in [6.07, 6.45) is 5.57. The van der Waals surface area contributed by atoms with Gasteiger partial charge in [-0.1, -0.05) is 24.3 Å². The predicted octanol–water partition coefficient (Wildman–Crippen LogP) is 2.09. The molecule has 4 aromatic heterocycles. The van der Waals surface area contributed by atoms with Gasteiger partial charge in [0.1, 0.15) is 18.6 Å². The zero-order chi connectivity index (χ0) is 19.6. The molecule has 1 amide bonds. The van der Waals surface area contributed by atoms with Crippen molar-refractivity contribution in [1.29, 1.82) is 0 Å². The highest BCUT2D eigenvalue weighted by Crippen LogP contribution is 2.19.